The highest BCUT2D eigenvalue weighted by Crippen LogP contribution is 2.34. The largest absolute Gasteiger partial charge is 0.475 e. The number of hydrogen-bond acceptors (Lipinski definition) is 5. The Kier molecular flexibility index (Phi) is 5.28. The third kappa shape index (κ3) is 3.90. The van der Waals surface area contributed by atoms with Crippen molar-refractivity contribution < 1.29 is 19.1 Å². The molecule has 2 aromatic heterocycles. The van der Waals surface area contributed by atoms with Crippen LogP contribution in [0.25, 0.3) is 33.5 Å². The SMILES string of the molecule is Cc1c(C(=O)O)oc2ccc(-c3ccc(-c4n[nH]c(=O)n4C[C@@H]4CCN(C(=O)C5CC5)C4)cc3)cc12. The van der Waals surface area contributed by atoms with E-state index in [1.807, 2.05) is 41.3 Å². The van der Waals surface area contributed by atoms with Gasteiger partial charge < -0.3 is 14.4 Å². The Morgan fingerprint density at radius 1 is 1.08 bits per heavy atom. The number of amides is 1. The second-order valence-corrected chi connectivity index (χ2v) is 9.83. The maximum absolute atomic E-state index is 12.5. The maximum Gasteiger partial charge on any atom is 0.372 e. The summed E-state index contributed by atoms with van der Waals surface area (Å²) in [5.74, 6) is 0.144. The number of aromatic nitrogens is 3. The number of carboxylic acid groups (broad SMARTS) is 1. The van der Waals surface area contributed by atoms with Gasteiger partial charge in [-0.05, 0) is 55.4 Å². The molecule has 2 fully saturated rings. The summed E-state index contributed by atoms with van der Waals surface area (Å²) < 4.78 is 7.13. The zero-order valence-electron chi connectivity index (χ0n) is 19.9. The number of H-pyrrole nitrogens is 1. The highest BCUT2D eigenvalue weighted by Gasteiger charge is 2.36. The highest BCUT2D eigenvalue weighted by atomic mass is 16.4. The fourth-order valence-electron chi connectivity index (χ4n) is 5.15. The van der Waals surface area contributed by atoms with E-state index in [1.54, 1.807) is 17.6 Å². The van der Waals surface area contributed by atoms with Gasteiger partial charge in [0.05, 0.1) is 0 Å². The van der Waals surface area contributed by atoms with E-state index >= 15 is 0 Å². The summed E-state index contributed by atoms with van der Waals surface area (Å²) in [5.41, 5.74) is 3.58. The molecule has 2 N–H and O–H groups in total. The first-order chi connectivity index (χ1) is 17.4. The number of benzene rings is 2. The summed E-state index contributed by atoms with van der Waals surface area (Å²) in [5, 5.41) is 16.9. The molecule has 0 spiro atoms. The lowest BCUT2D eigenvalue weighted by atomic mass is 10.0. The number of aryl methyl sites for hydroxylation is 1. The Morgan fingerprint density at radius 3 is 2.53 bits per heavy atom. The molecule has 2 aliphatic rings. The number of carbonyl (C=O) groups is 2. The lowest BCUT2D eigenvalue weighted by Gasteiger charge is -2.16. The van der Waals surface area contributed by atoms with Gasteiger partial charge in [-0.25, -0.2) is 14.7 Å². The Hall–Kier alpha value is -4.14. The van der Waals surface area contributed by atoms with E-state index in [0.29, 0.717) is 30.1 Å². The average molecular weight is 487 g/mol. The molecular formula is C27H26N4O5. The Bertz CT molecular complexity index is 1540. The molecule has 1 saturated heterocycles. The number of nitrogens with zero attached hydrogens (tertiary/aromatic N) is 3. The lowest BCUT2D eigenvalue weighted by molar-refractivity contribution is -0.131. The number of furan rings is 1. The Balaban J connectivity index is 1.23. The van der Waals surface area contributed by atoms with Crippen LogP contribution < -0.4 is 5.69 Å². The van der Waals surface area contributed by atoms with Crippen LogP contribution in [0.1, 0.15) is 35.4 Å². The topological polar surface area (TPSA) is 121 Å². The summed E-state index contributed by atoms with van der Waals surface area (Å²) in [6.45, 7) is 3.70. The van der Waals surface area contributed by atoms with Crippen LogP contribution in [0.3, 0.4) is 0 Å². The van der Waals surface area contributed by atoms with Gasteiger partial charge in [0.15, 0.2) is 5.82 Å². The molecule has 1 atom stereocenters. The first-order valence-corrected chi connectivity index (χ1v) is 12.2. The molecule has 1 aliphatic heterocycles. The number of rotatable bonds is 6. The minimum absolute atomic E-state index is 0.0451. The van der Waals surface area contributed by atoms with Crippen LogP contribution in [0.2, 0.25) is 0 Å². The van der Waals surface area contributed by atoms with Crippen LogP contribution in [0.15, 0.2) is 51.7 Å². The summed E-state index contributed by atoms with van der Waals surface area (Å²) in [6, 6.07) is 13.4. The number of hydrogen-bond donors (Lipinski definition) is 2. The van der Waals surface area contributed by atoms with Gasteiger partial charge >= 0.3 is 11.7 Å². The third-order valence-corrected chi connectivity index (χ3v) is 7.33. The standard InChI is InChI=1S/C27H26N4O5/c1-15-21-12-20(8-9-22(21)36-23(15)26(33)34)17-2-4-18(5-3-17)24-28-29-27(35)31(24)14-16-10-11-30(13-16)25(32)19-6-7-19/h2-5,8-9,12,16,19H,6-7,10-11,13-14H2,1H3,(H,29,35)(H,33,34)/t16-/m1/s1. The van der Waals surface area contributed by atoms with Gasteiger partial charge in [-0.15, -0.1) is 0 Å². The molecule has 1 aliphatic carbocycles. The van der Waals surface area contributed by atoms with Gasteiger partial charge in [-0.1, -0.05) is 30.3 Å². The first-order valence-electron chi connectivity index (χ1n) is 12.2. The lowest BCUT2D eigenvalue weighted by Crippen LogP contribution is -2.31. The molecule has 184 valence electrons. The molecule has 9 nitrogen and oxygen atoms in total. The predicted octanol–water partition coefficient (Wildman–Crippen LogP) is 3.92. The minimum atomic E-state index is -1.08. The van der Waals surface area contributed by atoms with E-state index in [4.69, 9.17) is 4.42 Å². The molecular weight excluding hydrogens is 460 g/mol. The molecule has 2 aromatic carbocycles. The molecule has 1 amide bonds. The van der Waals surface area contributed by atoms with Crippen molar-refractivity contribution in [3.8, 4) is 22.5 Å². The van der Waals surface area contributed by atoms with E-state index in [1.165, 1.54) is 0 Å². The molecule has 4 aromatic rings. The quantitative estimate of drug-likeness (QED) is 0.426. The zero-order chi connectivity index (χ0) is 25.0. The molecule has 6 rings (SSSR count). The Labute approximate surface area is 206 Å². The van der Waals surface area contributed by atoms with Crippen molar-refractivity contribution in [2.45, 2.75) is 32.7 Å². The highest BCUT2D eigenvalue weighted by molar-refractivity contribution is 5.96. The smallest absolute Gasteiger partial charge is 0.372 e. The second kappa shape index (κ2) is 8.51. The number of aromatic amines is 1. The molecule has 36 heavy (non-hydrogen) atoms. The molecule has 3 heterocycles. The van der Waals surface area contributed by atoms with Crippen molar-refractivity contribution in [2.24, 2.45) is 11.8 Å². The van der Waals surface area contributed by atoms with Crippen molar-refractivity contribution >= 4 is 22.8 Å². The van der Waals surface area contributed by atoms with Crippen LogP contribution in [-0.4, -0.2) is 49.7 Å². The van der Waals surface area contributed by atoms with E-state index in [9.17, 15) is 19.5 Å². The number of nitrogens with one attached hydrogen (secondary N) is 1. The van der Waals surface area contributed by atoms with Crippen molar-refractivity contribution in [3.63, 3.8) is 0 Å². The molecule has 1 saturated carbocycles. The van der Waals surface area contributed by atoms with E-state index < -0.39 is 5.97 Å². The normalized spacial score (nSPS) is 17.7. The van der Waals surface area contributed by atoms with Gasteiger partial charge in [0.25, 0.3) is 0 Å². The number of fused-ring (bicyclic) bond motifs is 1. The molecule has 9 heteroatoms. The molecule has 0 bridgehead atoms. The van der Waals surface area contributed by atoms with Crippen LogP contribution in [-0.2, 0) is 11.3 Å². The third-order valence-electron chi connectivity index (χ3n) is 7.33. The summed E-state index contributed by atoms with van der Waals surface area (Å²) in [6.07, 6.45) is 2.88. The average Bonchev–Trinajstić information content (AvgIpc) is 3.39. The van der Waals surface area contributed by atoms with E-state index in [2.05, 4.69) is 10.2 Å². The number of carbonyl (C=O) groups excluding carboxylic acids is 1. The van der Waals surface area contributed by atoms with Gasteiger partial charge in [-0.3, -0.25) is 9.36 Å². The summed E-state index contributed by atoms with van der Waals surface area (Å²) in [4.78, 5) is 38.3. The van der Waals surface area contributed by atoms with Gasteiger partial charge in [0, 0.05) is 42.1 Å². The van der Waals surface area contributed by atoms with Crippen molar-refractivity contribution in [3.05, 3.63) is 64.3 Å². The monoisotopic (exact) mass is 486 g/mol. The summed E-state index contributed by atoms with van der Waals surface area (Å²) >= 11 is 0. The van der Waals surface area contributed by atoms with Crippen LogP contribution in [0, 0.1) is 18.8 Å². The maximum atomic E-state index is 12.5. The van der Waals surface area contributed by atoms with Gasteiger partial charge in [-0.2, -0.15) is 5.10 Å². The van der Waals surface area contributed by atoms with E-state index in [0.717, 1.165) is 47.9 Å². The van der Waals surface area contributed by atoms with Crippen molar-refractivity contribution in [1.82, 2.24) is 19.7 Å². The fourth-order valence-corrected chi connectivity index (χ4v) is 5.15. The molecule has 0 radical (unpaired) electrons. The first kappa shape index (κ1) is 22.3. The fraction of sp³-hybridized carbons (Fsp3) is 0.333. The van der Waals surface area contributed by atoms with Crippen LogP contribution in [0.4, 0.5) is 0 Å². The van der Waals surface area contributed by atoms with Crippen molar-refractivity contribution in [1.29, 1.82) is 0 Å². The Morgan fingerprint density at radius 2 is 1.81 bits per heavy atom. The minimum Gasteiger partial charge on any atom is -0.475 e. The van der Waals surface area contributed by atoms with Crippen molar-refractivity contribution in [2.75, 3.05) is 13.1 Å². The number of carboxylic acids is 1. The second-order valence-electron chi connectivity index (χ2n) is 9.83. The summed E-state index contributed by atoms with van der Waals surface area (Å²) in [7, 11) is 0. The number of aromatic carboxylic acids is 1. The predicted molar refractivity (Wildman–Crippen MR) is 133 cm³/mol. The molecule has 0 unspecified atom stereocenters. The van der Waals surface area contributed by atoms with Crippen LogP contribution in [0.5, 0.6) is 0 Å². The van der Waals surface area contributed by atoms with Gasteiger partial charge in [0.2, 0.25) is 11.7 Å². The van der Waals surface area contributed by atoms with Gasteiger partial charge in [0.1, 0.15) is 5.58 Å². The zero-order valence-corrected chi connectivity index (χ0v) is 19.9. The van der Waals surface area contributed by atoms with Crippen LogP contribution >= 0.6 is 0 Å². The van der Waals surface area contributed by atoms with E-state index in [-0.39, 0.29) is 29.2 Å². The number of likely N-dealkylation sites (tertiary alicyclic amines) is 1.